The number of aromatic hydroxyl groups is 1. The minimum atomic E-state index is -0.184. The maximum Gasteiger partial charge on any atom is 0.251 e. The van der Waals surface area contributed by atoms with Crippen LogP contribution in [0.25, 0.3) is 0 Å². The van der Waals surface area contributed by atoms with E-state index < -0.39 is 0 Å². The van der Waals surface area contributed by atoms with Crippen LogP contribution in [0.4, 0.5) is 0 Å². The third-order valence-electron chi connectivity index (χ3n) is 5.91. The first kappa shape index (κ1) is 25.9. The average Bonchev–Trinajstić information content (AvgIpc) is 2.85. The minimum Gasteiger partial charge on any atom is -0.507 e. The Morgan fingerprint density at radius 3 is 2.60 bits per heavy atom. The van der Waals surface area contributed by atoms with E-state index in [1.54, 1.807) is 24.4 Å². The minimum absolute atomic E-state index is 0.0116. The Bertz CT molecular complexity index is 1140. The Hall–Kier alpha value is -3.67. The molecule has 2 aromatic carbocycles. The summed E-state index contributed by atoms with van der Waals surface area (Å²) in [5, 5.41) is 13.6. The number of carbonyl (C=O) groups excluding carboxylic acids is 2. The van der Waals surface area contributed by atoms with Crippen molar-refractivity contribution in [3.63, 3.8) is 0 Å². The number of nitrogens with one attached hydrogen (secondary N) is 1. The van der Waals surface area contributed by atoms with Crippen LogP contribution in [0.3, 0.4) is 0 Å². The van der Waals surface area contributed by atoms with Gasteiger partial charge in [0, 0.05) is 29.6 Å². The molecule has 0 aliphatic carbocycles. The van der Waals surface area contributed by atoms with Crippen LogP contribution in [-0.4, -0.2) is 27.8 Å². The predicted molar refractivity (Wildman–Crippen MR) is 137 cm³/mol. The maximum atomic E-state index is 12.8. The summed E-state index contributed by atoms with van der Waals surface area (Å²) in [6, 6.07) is 14.7. The van der Waals surface area contributed by atoms with Gasteiger partial charge in [-0.05, 0) is 81.0 Å². The van der Waals surface area contributed by atoms with Crippen molar-refractivity contribution in [2.75, 3.05) is 0 Å². The Morgan fingerprint density at radius 1 is 1.09 bits per heavy atom. The number of rotatable bonds is 12. The van der Waals surface area contributed by atoms with Gasteiger partial charge in [-0.15, -0.1) is 0 Å². The van der Waals surface area contributed by atoms with Crippen LogP contribution < -0.4 is 10.1 Å². The number of aryl methyl sites for hydroxylation is 1. The summed E-state index contributed by atoms with van der Waals surface area (Å²) in [5.74, 6) is 0.237. The average molecular weight is 475 g/mol. The molecule has 6 heteroatoms. The zero-order valence-electron chi connectivity index (χ0n) is 20.7. The van der Waals surface area contributed by atoms with E-state index >= 15 is 0 Å². The first-order valence-corrected chi connectivity index (χ1v) is 12.2. The lowest BCUT2D eigenvalue weighted by Gasteiger charge is -2.16. The Labute approximate surface area is 207 Å². The number of hydrogen-bond donors (Lipinski definition) is 2. The summed E-state index contributed by atoms with van der Waals surface area (Å²) in [4.78, 5) is 28.7. The fourth-order valence-electron chi connectivity index (χ4n) is 4.03. The van der Waals surface area contributed by atoms with Crippen LogP contribution in [0.2, 0.25) is 0 Å². The smallest absolute Gasteiger partial charge is 0.251 e. The second kappa shape index (κ2) is 12.7. The molecule has 3 aromatic rings. The monoisotopic (exact) mass is 474 g/mol. The third kappa shape index (κ3) is 7.41. The highest BCUT2D eigenvalue weighted by Gasteiger charge is 2.16. The molecule has 6 nitrogen and oxygen atoms in total. The molecular formula is C29H34N2O4. The molecule has 0 spiro atoms. The van der Waals surface area contributed by atoms with Crippen molar-refractivity contribution in [2.45, 2.75) is 65.5 Å². The summed E-state index contributed by atoms with van der Waals surface area (Å²) in [6.07, 6.45) is 7.83. The van der Waals surface area contributed by atoms with E-state index in [2.05, 4.69) is 16.4 Å². The van der Waals surface area contributed by atoms with Crippen LogP contribution in [0, 0.1) is 0 Å². The normalized spacial score (nSPS) is 11.6. The van der Waals surface area contributed by atoms with Gasteiger partial charge < -0.3 is 15.2 Å². The number of ketones is 1. The Morgan fingerprint density at radius 2 is 1.89 bits per heavy atom. The van der Waals surface area contributed by atoms with Crippen LogP contribution in [0.5, 0.6) is 11.5 Å². The topological polar surface area (TPSA) is 88.5 Å². The molecule has 0 fully saturated rings. The first-order valence-electron chi connectivity index (χ1n) is 12.2. The Kier molecular flexibility index (Phi) is 9.41. The molecule has 0 radical (unpaired) electrons. The van der Waals surface area contributed by atoms with Gasteiger partial charge in [0.15, 0.2) is 5.78 Å². The number of aromatic nitrogens is 1. The standard InChI is InChI=1S/C29H34N2O4/c1-4-8-26-27(15-14-25(21(3)32)28(26)33)35-19-23-11-6-13-24(17-23)29(34)31-20(2)9-5-10-22-12-7-16-30-18-22/h6-7,11-18,20,33H,4-5,8-10,19H2,1-3H3,(H,31,34). The van der Waals surface area contributed by atoms with Crippen LogP contribution in [0.1, 0.15) is 77.4 Å². The second-order valence-corrected chi connectivity index (χ2v) is 8.86. The summed E-state index contributed by atoms with van der Waals surface area (Å²) >= 11 is 0. The van der Waals surface area contributed by atoms with Gasteiger partial charge in [-0.2, -0.15) is 0 Å². The zero-order chi connectivity index (χ0) is 25.2. The number of hydrogen-bond acceptors (Lipinski definition) is 5. The number of nitrogens with zero attached hydrogens (tertiary/aromatic N) is 1. The number of pyridine rings is 1. The van der Waals surface area contributed by atoms with Gasteiger partial charge in [0.2, 0.25) is 0 Å². The lowest BCUT2D eigenvalue weighted by Crippen LogP contribution is -2.32. The molecule has 1 unspecified atom stereocenters. The van der Waals surface area contributed by atoms with Gasteiger partial charge in [-0.1, -0.05) is 31.5 Å². The number of phenols is 1. The van der Waals surface area contributed by atoms with Crippen molar-refractivity contribution < 1.29 is 19.4 Å². The van der Waals surface area contributed by atoms with Gasteiger partial charge in [0.25, 0.3) is 5.91 Å². The van der Waals surface area contributed by atoms with Crippen LogP contribution in [0.15, 0.2) is 60.9 Å². The molecule has 0 saturated heterocycles. The molecule has 35 heavy (non-hydrogen) atoms. The summed E-state index contributed by atoms with van der Waals surface area (Å²) in [5.41, 5.74) is 3.56. The number of amides is 1. The van der Waals surface area contributed by atoms with Crippen LogP contribution in [-0.2, 0) is 19.4 Å². The van der Waals surface area contributed by atoms with Crippen molar-refractivity contribution in [3.05, 3.63) is 88.7 Å². The van der Waals surface area contributed by atoms with Gasteiger partial charge in [0.05, 0.1) is 5.56 Å². The lowest BCUT2D eigenvalue weighted by atomic mass is 10.0. The highest BCUT2D eigenvalue weighted by atomic mass is 16.5. The second-order valence-electron chi connectivity index (χ2n) is 8.86. The largest absolute Gasteiger partial charge is 0.507 e. The summed E-state index contributed by atoms with van der Waals surface area (Å²) < 4.78 is 5.99. The van der Waals surface area contributed by atoms with E-state index in [-0.39, 0.29) is 30.1 Å². The van der Waals surface area contributed by atoms with E-state index in [9.17, 15) is 14.7 Å². The number of benzene rings is 2. The van der Waals surface area contributed by atoms with Crippen molar-refractivity contribution in [1.82, 2.24) is 10.3 Å². The zero-order valence-corrected chi connectivity index (χ0v) is 20.7. The summed E-state index contributed by atoms with van der Waals surface area (Å²) in [6.45, 7) is 5.70. The fraction of sp³-hybridized carbons (Fsp3) is 0.345. The molecule has 0 bridgehead atoms. The molecule has 184 valence electrons. The number of Topliss-reactive ketones (excluding diaryl/α,β-unsaturated/α-hetero) is 1. The molecule has 0 aliphatic rings. The van der Waals surface area contributed by atoms with E-state index in [0.29, 0.717) is 28.9 Å². The predicted octanol–water partition coefficient (Wildman–Crippen LogP) is 5.66. The first-order chi connectivity index (χ1) is 16.9. The van der Waals surface area contributed by atoms with Gasteiger partial charge in [0.1, 0.15) is 18.1 Å². The van der Waals surface area contributed by atoms with E-state index in [1.807, 2.05) is 44.3 Å². The van der Waals surface area contributed by atoms with Gasteiger partial charge in [-0.25, -0.2) is 0 Å². The molecule has 1 amide bonds. The quantitative estimate of drug-likeness (QED) is 0.331. The van der Waals surface area contributed by atoms with Crippen molar-refractivity contribution in [1.29, 1.82) is 0 Å². The molecule has 3 rings (SSSR count). The Balaban J connectivity index is 1.58. The SMILES string of the molecule is CCCc1c(OCc2cccc(C(=O)NC(C)CCCc3cccnc3)c2)ccc(C(C)=O)c1O. The van der Waals surface area contributed by atoms with Gasteiger partial charge >= 0.3 is 0 Å². The molecular weight excluding hydrogens is 440 g/mol. The highest BCUT2D eigenvalue weighted by Crippen LogP contribution is 2.33. The number of ether oxygens (including phenoxy) is 1. The molecule has 0 saturated carbocycles. The highest BCUT2D eigenvalue weighted by molar-refractivity contribution is 5.97. The number of carbonyl (C=O) groups is 2. The van der Waals surface area contributed by atoms with E-state index in [0.717, 1.165) is 31.2 Å². The van der Waals surface area contributed by atoms with Crippen molar-refractivity contribution in [3.8, 4) is 11.5 Å². The van der Waals surface area contributed by atoms with Gasteiger partial charge in [-0.3, -0.25) is 14.6 Å². The van der Waals surface area contributed by atoms with E-state index in [1.165, 1.54) is 12.5 Å². The number of phenolic OH excluding ortho intramolecular Hbond substituents is 1. The summed E-state index contributed by atoms with van der Waals surface area (Å²) in [7, 11) is 0. The van der Waals surface area contributed by atoms with E-state index in [4.69, 9.17) is 4.74 Å². The molecule has 0 aliphatic heterocycles. The molecule has 1 aromatic heterocycles. The maximum absolute atomic E-state index is 12.8. The third-order valence-corrected chi connectivity index (χ3v) is 5.91. The van der Waals surface area contributed by atoms with Crippen molar-refractivity contribution in [2.24, 2.45) is 0 Å². The molecule has 2 N–H and O–H groups in total. The molecule has 1 heterocycles. The fourth-order valence-corrected chi connectivity index (χ4v) is 4.03. The molecule has 1 atom stereocenters. The van der Waals surface area contributed by atoms with Crippen LogP contribution >= 0.6 is 0 Å². The lowest BCUT2D eigenvalue weighted by molar-refractivity contribution is 0.0937. The van der Waals surface area contributed by atoms with Crippen molar-refractivity contribution >= 4 is 11.7 Å².